The lowest BCUT2D eigenvalue weighted by molar-refractivity contribution is 0.280. The molecule has 1 heterocycles. The minimum Gasteiger partial charge on any atom is -0.395 e. The molecule has 17 heavy (non-hydrogen) atoms. The second-order valence-corrected chi connectivity index (χ2v) is 3.43. The molecule has 7 heteroatoms. The van der Waals surface area contributed by atoms with Crippen LogP contribution in [0.4, 0.5) is 17.6 Å². The zero-order valence-corrected chi connectivity index (χ0v) is 9.93. The topological polar surface area (TPSA) is 108 Å². The van der Waals surface area contributed by atoms with Crippen LogP contribution >= 0.6 is 0 Å². The largest absolute Gasteiger partial charge is 0.395 e. The molecule has 0 aliphatic rings. The molecule has 0 unspecified atom stereocenters. The molecule has 1 aromatic heterocycles. The van der Waals surface area contributed by atoms with Gasteiger partial charge in [-0.2, -0.15) is 9.97 Å². The van der Waals surface area contributed by atoms with Crippen LogP contribution in [-0.2, 0) is 0 Å². The predicted molar refractivity (Wildman–Crippen MR) is 67.0 cm³/mol. The highest BCUT2D eigenvalue weighted by Crippen LogP contribution is 2.16. The summed E-state index contributed by atoms with van der Waals surface area (Å²) in [5, 5.41) is 21.0. The smallest absolute Gasteiger partial charge is 0.223 e. The van der Waals surface area contributed by atoms with E-state index in [1.807, 2.05) is 6.92 Å². The van der Waals surface area contributed by atoms with Gasteiger partial charge in [0.15, 0.2) is 0 Å². The number of aliphatic hydroxyl groups is 2. The molecule has 5 N–H and O–H groups in total. The fourth-order valence-corrected chi connectivity index (χ4v) is 1.47. The van der Waals surface area contributed by atoms with Crippen molar-refractivity contribution in [1.82, 2.24) is 9.97 Å². The van der Waals surface area contributed by atoms with Gasteiger partial charge in [0.1, 0.15) is 11.6 Å². The van der Waals surface area contributed by atoms with Crippen LogP contribution in [0.2, 0.25) is 0 Å². The Morgan fingerprint density at radius 2 is 1.94 bits per heavy atom. The van der Waals surface area contributed by atoms with Crippen molar-refractivity contribution in [3.8, 4) is 0 Å². The Hall–Kier alpha value is -1.60. The number of nitrogen functional groups attached to an aromatic ring is 1. The van der Waals surface area contributed by atoms with Crippen LogP contribution in [0, 0.1) is 0 Å². The summed E-state index contributed by atoms with van der Waals surface area (Å²) in [6, 6.07) is 1.74. The van der Waals surface area contributed by atoms with E-state index in [0.717, 1.165) is 6.54 Å². The maximum absolute atomic E-state index is 8.95. The molecule has 0 aromatic carbocycles. The molecule has 0 saturated heterocycles. The molecule has 0 radical (unpaired) electrons. The number of hydrogen-bond donors (Lipinski definition) is 4. The number of nitrogens with two attached hydrogens (primary N) is 1. The third-order valence-electron chi connectivity index (χ3n) is 2.15. The first-order chi connectivity index (χ1) is 8.21. The minimum atomic E-state index is -0.0134. The van der Waals surface area contributed by atoms with Gasteiger partial charge in [0, 0.05) is 25.7 Å². The zero-order chi connectivity index (χ0) is 12.7. The summed E-state index contributed by atoms with van der Waals surface area (Å²) in [7, 11) is 0. The Morgan fingerprint density at radius 3 is 2.47 bits per heavy atom. The highest BCUT2D eigenvalue weighted by atomic mass is 16.3. The fraction of sp³-hybridized carbons (Fsp3) is 0.600. The monoisotopic (exact) mass is 241 g/mol. The Labute approximate surface area is 100 Å². The van der Waals surface area contributed by atoms with E-state index in [-0.39, 0.29) is 19.2 Å². The Balaban J connectivity index is 2.92. The van der Waals surface area contributed by atoms with Gasteiger partial charge >= 0.3 is 0 Å². The molecule has 0 bridgehead atoms. The summed E-state index contributed by atoms with van der Waals surface area (Å²) in [6.07, 6.45) is 0. The van der Waals surface area contributed by atoms with E-state index in [1.54, 1.807) is 11.0 Å². The predicted octanol–water partition coefficient (Wildman–Crippen LogP) is -0.718. The van der Waals surface area contributed by atoms with Gasteiger partial charge in [-0.1, -0.05) is 0 Å². The molecule has 96 valence electrons. The van der Waals surface area contributed by atoms with Gasteiger partial charge in [-0.15, -0.1) is 0 Å². The van der Waals surface area contributed by atoms with Crippen LogP contribution in [0.1, 0.15) is 6.92 Å². The number of aromatic nitrogens is 2. The second kappa shape index (κ2) is 6.87. The van der Waals surface area contributed by atoms with Crippen molar-refractivity contribution >= 4 is 17.6 Å². The SMILES string of the molecule is CCNc1cc(N(CCO)CCO)nc(N)n1. The van der Waals surface area contributed by atoms with E-state index in [9.17, 15) is 0 Å². The van der Waals surface area contributed by atoms with Gasteiger partial charge in [0.25, 0.3) is 0 Å². The van der Waals surface area contributed by atoms with Crippen molar-refractivity contribution in [2.24, 2.45) is 0 Å². The first kappa shape index (κ1) is 13.5. The molecule has 0 atom stereocenters. The number of nitrogens with zero attached hydrogens (tertiary/aromatic N) is 3. The van der Waals surface area contributed by atoms with Crippen molar-refractivity contribution < 1.29 is 10.2 Å². The summed E-state index contributed by atoms with van der Waals surface area (Å²) in [4.78, 5) is 9.86. The molecule has 0 fully saturated rings. The quantitative estimate of drug-likeness (QED) is 0.499. The highest BCUT2D eigenvalue weighted by Gasteiger charge is 2.09. The van der Waals surface area contributed by atoms with Gasteiger partial charge < -0.3 is 26.2 Å². The number of hydrogen-bond acceptors (Lipinski definition) is 7. The second-order valence-electron chi connectivity index (χ2n) is 3.43. The average molecular weight is 241 g/mol. The molecule has 0 amide bonds. The van der Waals surface area contributed by atoms with Gasteiger partial charge in [-0.25, -0.2) is 0 Å². The molecule has 1 aromatic rings. The zero-order valence-electron chi connectivity index (χ0n) is 9.93. The maximum atomic E-state index is 8.95. The lowest BCUT2D eigenvalue weighted by atomic mass is 10.4. The van der Waals surface area contributed by atoms with Crippen molar-refractivity contribution in [2.45, 2.75) is 6.92 Å². The lowest BCUT2D eigenvalue weighted by Gasteiger charge is -2.22. The third-order valence-corrected chi connectivity index (χ3v) is 2.15. The number of rotatable bonds is 7. The molecule has 0 saturated carbocycles. The van der Waals surface area contributed by atoms with Crippen molar-refractivity contribution in [3.05, 3.63) is 6.07 Å². The molecule has 0 spiro atoms. The van der Waals surface area contributed by atoms with Crippen molar-refractivity contribution in [1.29, 1.82) is 0 Å². The highest BCUT2D eigenvalue weighted by molar-refractivity contribution is 5.52. The van der Waals surface area contributed by atoms with Crippen molar-refractivity contribution in [2.75, 3.05) is 48.8 Å². The van der Waals surface area contributed by atoms with E-state index < -0.39 is 0 Å². The van der Waals surface area contributed by atoms with Crippen LogP contribution in [0.25, 0.3) is 0 Å². The van der Waals surface area contributed by atoms with E-state index in [4.69, 9.17) is 15.9 Å². The van der Waals surface area contributed by atoms with Crippen molar-refractivity contribution in [3.63, 3.8) is 0 Å². The minimum absolute atomic E-state index is 0.0134. The van der Waals surface area contributed by atoms with Crippen LogP contribution < -0.4 is 16.0 Å². The number of nitrogens with one attached hydrogen (secondary N) is 1. The molecule has 0 aliphatic carbocycles. The van der Waals surface area contributed by atoms with Gasteiger partial charge in [-0.3, -0.25) is 0 Å². The van der Waals surface area contributed by atoms with Crippen LogP contribution in [0.5, 0.6) is 0 Å². The van der Waals surface area contributed by atoms with Crippen LogP contribution in [0.3, 0.4) is 0 Å². The third kappa shape index (κ3) is 4.04. The van der Waals surface area contributed by atoms with E-state index in [0.29, 0.717) is 24.7 Å². The lowest BCUT2D eigenvalue weighted by Crippen LogP contribution is -2.30. The molecule has 1 rings (SSSR count). The summed E-state index contributed by atoms with van der Waals surface area (Å²) in [5.41, 5.74) is 5.61. The normalized spacial score (nSPS) is 10.3. The Bertz CT molecular complexity index is 341. The summed E-state index contributed by atoms with van der Waals surface area (Å²) in [5.74, 6) is 1.40. The first-order valence-electron chi connectivity index (χ1n) is 5.56. The van der Waals surface area contributed by atoms with Gasteiger partial charge in [0.2, 0.25) is 5.95 Å². The average Bonchev–Trinajstić information content (AvgIpc) is 2.28. The van der Waals surface area contributed by atoms with E-state index in [2.05, 4.69) is 15.3 Å². The summed E-state index contributed by atoms with van der Waals surface area (Å²) < 4.78 is 0. The van der Waals surface area contributed by atoms with Gasteiger partial charge in [-0.05, 0) is 6.92 Å². The first-order valence-corrected chi connectivity index (χ1v) is 5.56. The standard InChI is InChI=1S/C10H19N5O2/c1-2-12-8-7-9(14-10(11)13-8)15(3-5-16)4-6-17/h7,16-17H,2-6H2,1H3,(H3,11,12,13,14). The van der Waals surface area contributed by atoms with Crippen LogP contribution in [0.15, 0.2) is 6.07 Å². The number of anilines is 3. The van der Waals surface area contributed by atoms with E-state index in [1.165, 1.54) is 0 Å². The summed E-state index contributed by atoms with van der Waals surface area (Å²) >= 11 is 0. The number of aliphatic hydroxyl groups excluding tert-OH is 2. The molecular weight excluding hydrogens is 222 g/mol. The fourth-order valence-electron chi connectivity index (χ4n) is 1.47. The molecule has 0 aliphatic heterocycles. The molecular formula is C10H19N5O2. The maximum Gasteiger partial charge on any atom is 0.223 e. The Morgan fingerprint density at radius 1 is 1.29 bits per heavy atom. The Kier molecular flexibility index (Phi) is 5.44. The van der Waals surface area contributed by atoms with E-state index >= 15 is 0 Å². The van der Waals surface area contributed by atoms with Crippen LogP contribution in [-0.4, -0.2) is 53.0 Å². The van der Waals surface area contributed by atoms with Gasteiger partial charge in [0.05, 0.1) is 13.2 Å². The summed E-state index contributed by atoms with van der Waals surface area (Å²) in [6.45, 7) is 3.44. The molecule has 7 nitrogen and oxygen atoms in total.